The largest absolute Gasteiger partial charge is 0.497 e. The van der Waals surface area contributed by atoms with Gasteiger partial charge in [-0.1, -0.05) is 12.1 Å². The molecule has 1 unspecified atom stereocenters. The molecule has 1 saturated heterocycles. The third kappa shape index (κ3) is 4.47. The Morgan fingerprint density at radius 3 is 2.60 bits per heavy atom. The molecule has 0 aliphatic carbocycles. The molecule has 6 heteroatoms. The second kappa shape index (κ2) is 6.56. The predicted octanol–water partition coefficient (Wildman–Crippen LogP) is 1.64. The molecular weight excluding hydrogens is 278 g/mol. The van der Waals surface area contributed by atoms with Gasteiger partial charge in [0.05, 0.1) is 20.0 Å². The summed E-state index contributed by atoms with van der Waals surface area (Å²) in [4.78, 5) is 2.27. The molecule has 1 atom stereocenters. The molecule has 0 spiro atoms. The van der Waals surface area contributed by atoms with Crippen LogP contribution in [-0.2, 0) is 20.8 Å². The lowest BCUT2D eigenvalue weighted by molar-refractivity contribution is 0.171. The molecule has 5 nitrogen and oxygen atoms in total. The number of nitrogens with zero attached hydrogens (tertiary/aromatic N) is 1. The molecule has 0 aromatic heterocycles. The van der Waals surface area contributed by atoms with Crippen LogP contribution in [0.15, 0.2) is 24.3 Å². The molecule has 0 N–H and O–H groups in total. The van der Waals surface area contributed by atoms with E-state index in [1.54, 1.807) is 7.11 Å². The highest BCUT2D eigenvalue weighted by Crippen LogP contribution is 2.21. The number of hydrogen-bond acceptors (Lipinski definition) is 5. The summed E-state index contributed by atoms with van der Waals surface area (Å²) < 4.78 is 32.2. The van der Waals surface area contributed by atoms with E-state index in [0.29, 0.717) is 0 Å². The Labute approximate surface area is 120 Å². The zero-order valence-electron chi connectivity index (χ0n) is 11.9. The third-order valence-electron chi connectivity index (χ3n) is 3.52. The maximum Gasteiger partial charge on any atom is 0.264 e. The van der Waals surface area contributed by atoms with Crippen molar-refractivity contribution in [3.8, 4) is 5.75 Å². The van der Waals surface area contributed by atoms with Gasteiger partial charge in [-0.15, -0.1) is 0 Å². The monoisotopic (exact) mass is 299 g/mol. The Morgan fingerprint density at radius 2 is 2.00 bits per heavy atom. The van der Waals surface area contributed by atoms with Crippen molar-refractivity contribution in [1.82, 2.24) is 4.90 Å². The highest BCUT2D eigenvalue weighted by molar-refractivity contribution is 7.85. The van der Waals surface area contributed by atoms with Crippen LogP contribution in [0.25, 0.3) is 0 Å². The normalized spacial score (nSPS) is 20.2. The quantitative estimate of drug-likeness (QED) is 0.747. The minimum absolute atomic E-state index is 0.173. The van der Waals surface area contributed by atoms with Gasteiger partial charge in [-0.2, -0.15) is 8.42 Å². The molecule has 1 aromatic carbocycles. The van der Waals surface area contributed by atoms with Gasteiger partial charge in [0.2, 0.25) is 0 Å². The summed E-state index contributed by atoms with van der Waals surface area (Å²) in [5, 5.41) is 0. The summed E-state index contributed by atoms with van der Waals surface area (Å²) in [6.07, 6.45) is 3.15. The Bertz CT molecular complexity index is 527. The number of hydrogen-bond donors (Lipinski definition) is 0. The van der Waals surface area contributed by atoms with Crippen molar-refractivity contribution in [2.75, 3.05) is 26.5 Å². The summed E-state index contributed by atoms with van der Waals surface area (Å²) in [5.41, 5.74) is 1.19. The lowest BCUT2D eigenvalue weighted by atomic mass is 10.2. The van der Waals surface area contributed by atoms with Crippen molar-refractivity contribution >= 4 is 10.1 Å². The van der Waals surface area contributed by atoms with Gasteiger partial charge in [0, 0.05) is 12.6 Å². The van der Waals surface area contributed by atoms with Crippen LogP contribution in [-0.4, -0.2) is 45.9 Å². The molecule has 1 aliphatic heterocycles. The molecule has 0 amide bonds. The molecular formula is C14H21NO4S. The molecule has 2 rings (SSSR count). The minimum Gasteiger partial charge on any atom is -0.497 e. The van der Waals surface area contributed by atoms with E-state index in [0.717, 1.165) is 37.9 Å². The van der Waals surface area contributed by atoms with Gasteiger partial charge in [0.25, 0.3) is 10.1 Å². The van der Waals surface area contributed by atoms with Crippen LogP contribution in [0.1, 0.15) is 18.4 Å². The Balaban J connectivity index is 1.93. The van der Waals surface area contributed by atoms with Crippen molar-refractivity contribution in [3.63, 3.8) is 0 Å². The van der Waals surface area contributed by atoms with Crippen LogP contribution < -0.4 is 4.74 Å². The Kier molecular flexibility index (Phi) is 5.01. The van der Waals surface area contributed by atoms with Crippen LogP contribution in [0.4, 0.5) is 0 Å². The first-order chi connectivity index (χ1) is 9.48. The number of methoxy groups -OCH3 is 1. The summed E-state index contributed by atoms with van der Waals surface area (Å²) in [6, 6.07) is 8.12. The zero-order chi connectivity index (χ0) is 14.6. The van der Waals surface area contributed by atoms with Crippen LogP contribution >= 0.6 is 0 Å². The van der Waals surface area contributed by atoms with Crippen molar-refractivity contribution in [2.45, 2.75) is 25.4 Å². The van der Waals surface area contributed by atoms with Gasteiger partial charge in [-0.25, -0.2) is 0 Å². The second-order valence-electron chi connectivity index (χ2n) is 5.10. The Morgan fingerprint density at radius 1 is 1.30 bits per heavy atom. The van der Waals surface area contributed by atoms with Crippen LogP contribution in [0.5, 0.6) is 5.75 Å². The maximum atomic E-state index is 11.1. The number of ether oxygens (including phenoxy) is 1. The fourth-order valence-corrected chi connectivity index (χ4v) is 2.86. The molecule has 0 bridgehead atoms. The summed E-state index contributed by atoms with van der Waals surface area (Å²) in [5.74, 6) is 0.840. The van der Waals surface area contributed by atoms with E-state index in [1.807, 2.05) is 24.3 Å². The predicted molar refractivity (Wildman–Crippen MR) is 77.2 cm³/mol. The van der Waals surface area contributed by atoms with E-state index in [-0.39, 0.29) is 12.6 Å². The van der Waals surface area contributed by atoms with E-state index >= 15 is 0 Å². The smallest absolute Gasteiger partial charge is 0.264 e. The lowest BCUT2D eigenvalue weighted by Gasteiger charge is -2.23. The van der Waals surface area contributed by atoms with Gasteiger partial charge >= 0.3 is 0 Å². The van der Waals surface area contributed by atoms with Gasteiger partial charge in [-0.3, -0.25) is 9.08 Å². The highest BCUT2D eigenvalue weighted by atomic mass is 32.2. The van der Waals surface area contributed by atoms with Crippen LogP contribution in [0.3, 0.4) is 0 Å². The van der Waals surface area contributed by atoms with E-state index in [9.17, 15) is 8.42 Å². The zero-order valence-corrected chi connectivity index (χ0v) is 12.7. The topological polar surface area (TPSA) is 55.8 Å². The third-order valence-corrected chi connectivity index (χ3v) is 4.08. The molecule has 112 valence electrons. The number of rotatable bonds is 6. The van der Waals surface area contributed by atoms with Gasteiger partial charge in [-0.05, 0) is 37.1 Å². The average Bonchev–Trinajstić information content (AvgIpc) is 2.84. The van der Waals surface area contributed by atoms with Gasteiger partial charge in [0.1, 0.15) is 5.75 Å². The fraction of sp³-hybridized carbons (Fsp3) is 0.571. The van der Waals surface area contributed by atoms with Gasteiger partial charge < -0.3 is 4.74 Å². The first-order valence-corrected chi connectivity index (χ1v) is 8.51. The van der Waals surface area contributed by atoms with E-state index in [2.05, 4.69) is 4.90 Å². The summed E-state index contributed by atoms with van der Waals surface area (Å²) in [6.45, 7) is 2.03. The second-order valence-corrected chi connectivity index (χ2v) is 6.75. The SMILES string of the molecule is COc1ccc(CN2CCCC2COS(C)(=O)=O)cc1. The minimum atomic E-state index is -3.36. The van der Waals surface area contributed by atoms with Crippen molar-refractivity contribution < 1.29 is 17.3 Å². The van der Waals surface area contributed by atoms with E-state index < -0.39 is 10.1 Å². The highest BCUT2D eigenvalue weighted by Gasteiger charge is 2.25. The number of benzene rings is 1. The molecule has 0 saturated carbocycles. The number of likely N-dealkylation sites (tertiary alicyclic amines) is 1. The van der Waals surface area contributed by atoms with Crippen molar-refractivity contribution in [3.05, 3.63) is 29.8 Å². The van der Waals surface area contributed by atoms with Crippen molar-refractivity contribution in [1.29, 1.82) is 0 Å². The maximum absolute atomic E-state index is 11.1. The standard InChI is InChI=1S/C14H21NO4S/c1-18-14-7-5-12(6-8-14)10-15-9-3-4-13(15)11-19-20(2,16)17/h5-8,13H,3-4,9-11H2,1-2H3. The van der Waals surface area contributed by atoms with E-state index in [1.165, 1.54) is 5.56 Å². The molecule has 0 radical (unpaired) electrons. The molecule has 1 heterocycles. The summed E-state index contributed by atoms with van der Waals surface area (Å²) in [7, 11) is -1.71. The van der Waals surface area contributed by atoms with E-state index in [4.69, 9.17) is 8.92 Å². The van der Waals surface area contributed by atoms with Crippen LogP contribution in [0.2, 0.25) is 0 Å². The Hall–Kier alpha value is -1.11. The average molecular weight is 299 g/mol. The van der Waals surface area contributed by atoms with Crippen LogP contribution in [0, 0.1) is 0 Å². The summed E-state index contributed by atoms with van der Waals surface area (Å²) >= 11 is 0. The first-order valence-electron chi connectivity index (χ1n) is 6.69. The molecule has 1 fully saturated rings. The van der Waals surface area contributed by atoms with Crippen molar-refractivity contribution in [2.24, 2.45) is 0 Å². The lowest BCUT2D eigenvalue weighted by Crippen LogP contribution is -2.33. The van der Waals surface area contributed by atoms with Gasteiger partial charge in [0.15, 0.2) is 0 Å². The molecule has 20 heavy (non-hydrogen) atoms. The molecule has 1 aliphatic rings. The first kappa shape index (κ1) is 15.3. The molecule has 1 aromatic rings. The fourth-order valence-electron chi connectivity index (χ4n) is 2.46.